The van der Waals surface area contributed by atoms with Gasteiger partial charge in [0.05, 0.1) is 12.1 Å². The van der Waals surface area contributed by atoms with E-state index in [0.717, 1.165) is 27.8 Å². The molecule has 3 rings (SSSR count). The van der Waals surface area contributed by atoms with Crippen molar-refractivity contribution in [3.8, 4) is 5.88 Å². The topological polar surface area (TPSA) is 42.4 Å². The van der Waals surface area contributed by atoms with Gasteiger partial charge >= 0.3 is 0 Å². The second-order valence-corrected chi connectivity index (χ2v) is 6.54. The van der Waals surface area contributed by atoms with Crippen LogP contribution in [0.4, 0.5) is 0 Å². The van der Waals surface area contributed by atoms with E-state index in [0.29, 0.717) is 12.4 Å². The average Bonchev–Trinajstić information content (AvgIpc) is 2.95. The van der Waals surface area contributed by atoms with Crippen molar-refractivity contribution in [2.24, 2.45) is 0 Å². The first-order valence-electron chi connectivity index (χ1n) is 7.27. The monoisotopic (exact) mass is 408 g/mol. The molecule has 2 aromatic rings. The fourth-order valence-electron chi connectivity index (χ4n) is 2.57. The van der Waals surface area contributed by atoms with Gasteiger partial charge in [-0.2, -0.15) is 0 Å². The minimum atomic E-state index is 0.0135. The molecule has 1 amide bonds. The van der Waals surface area contributed by atoms with Gasteiger partial charge in [-0.05, 0) is 47.7 Å². The van der Waals surface area contributed by atoms with E-state index in [-0.39, 0.29) is 12.0 Å². The molecule has 0 radical (unpaired) electrons. The summed E-state index contributed by atoms with van der Waals surface area (Å²) in [5, 5.41) is 0. The summed E-state index contributed by atoms with van der Waals surface area (Å²) in [7, 11) is 0. The lowest BCUT2D eigenvalue weighted by atomic mass is 10.2. The van der Waals surface area contributed by atoms with Crippen LogP contribution in [0.25, 0.3) is 0 Å². The fraction of sp³-hybridized carbons (Fsp3) is 0.294. The van der Waals surface area contributed by atoms with Gasteiger partial charge in [-0.3, -0.25) is 4.79 Å². The second-order valence-electron chi connectivity index (χ2n) is 5.38. The molecule has 0 bridgehead atoms. The number of halogens is 1. The Balaban J connectivity index is 1.65. The SMILES string of the molecule is Cc1cccc(OC2CCN(C(=O)c3ccccc3I)C2)n1. The molecule has 0 spiro atoms. The van der Waals surface area contributed by atoms with Crippen molar-refractivity contribution < 1.29 is 9.53 Å². The molecule has 1 aromatic carbocycles. The molecule has 1 unspecified atom stereocenters. The highest BCUT2D eigenvalue weighted by Gasteiger charge is 2.29. The lowest BCUT2D eigenvalue weighted by molar-refractivity contribution is 0.0770. The van der Waals surface area contributed by atoms with Gasteiger partial charge in [0.25, 0.3) is 5.91 Å². The first-order valence-corrected chi connectivity index (χ1v) is 8.35. The minimum absolute atomic E-state index is 0.0135. The van der Waals surface area contributed by atoms with Crippen LogP contribution < -0.4 is 4.74 Å². The number of likely N-dealkylation sites (tertiary alicyclic amines) is 1. The Kier molecular flexibility index (Phi) is 4.61. The summed E-state index contributed by atoms with van der Waals surface area (Å²) >= 11 is 2.20. The zero-order valence-electron chi connectivity index (χ0n) is 12.3. The first-order chi connectivity index (χ1) is 10.6. The number of aryl methyl sites for hydroxylation is 1. The number of carbonyl (C=O) groups excluding carboxylic acids is 1. The van der Waals surface area contributed by atoms with Crippen molar-refractivity contribution in [1.29, 1.82) is 0 Å². The summed E-state index contributed by atoms with van der Waals surface area (Å²) in [4.78, 5) is 18.8. The lowest BCUT2D eigenvalue weighted by Gasteiger charge is -2.17. The van der Waals surface area contributed by atoms with E-state index >= 15 is 0 Å². The van der Waals surface area contributed by atoms with Crippen LogP contribution in [0.1, 0.15) is 22.5 Å². The minimum Gasteiger partial charge on any atom is -0.472 e. The number of ether oxygens (including phenoxy) is 1. The molecule has 1 fully saturated rings. The zero-order chi connectivity index (χ0) is 15.5. The maximum Gasteiger partial charge on any atom is 0.255 e. The Morgan fingerprint density at radius 2 is 2.09 bits per heavy atom. The molecule has 0 aliphatic carbocycles. The van der Waals surface area contributed by atoms with E-state index in [1.165, 1.54) is 0 Å². The van der Waals surface area contributed by atoms with Gasteiger partial charge in [-0.1, -0.05) is 18.2 Å². The van der Waals surface area contributed by atoms with E-state index < -0.39 is 0 Å². The van der Waals surface area contributed by atoms with E-state index in [1.807, 2.05) is 54.3 Å². The smallest absolute Gasteiger partial charge is 0.255 e. The largest absolute Gasteiger partial charge is 0.472 e. The van der Waals surface area contributed by atoms with Crippen LogP contribution in [0.5, 0.6) is 5.88 Å². The Morgan fingerprint density at radius 3 is 2.86 bits per heavy atom. The number of pyridine rings is 1. The normalized spacial score (nSPS) is 17.5. The van der Waals surface area contributed by atoms with Gasteiger partial charge in [-0.25, -0.2) is 4.98 Å². The van der Waals surface area contributed by atoms with Crippen molar-refractivity contribution in [2.45, 2.75) is 19.4 Å². The number of hydrogen-bond donors (Lipinski definition) is 0. The third kappa shape index (κ3) is 3.40. The maximum absolute atomic E-state index is 12.6. The van der Waals surface area contributed by atoms with Gasteiger partial charge in [0.1, 0.15) is 6.10 Å². The summed E-state index contributed by atoms with van der Waals surface area (Å²) in [6.45, 7) is 3.27. The number of hydrogen-bond acceptors (Lipinski definition) is 3. The number of carbonyl (C=O) groups is 1. The van der Waals surface area contributed by atoms with Crippen LogP contribution in [0.2, 0.25) is 0 Å². The highest BCUT2D eigenvalue weighted by atomic mass is 127. The van der Waals surface area contributed by atoms with Crippen molar-refractivity contribution >= 4 is 28.5 Å². The highest BCUT2D eigenvalue weighted by Crippen LogP contribution is 2.20. The van der Waals surface area contributed by atoms with Crippen LogP contribution >= 0.6 is 22.6 Å². The van der Waals surface area contributed by atoms with Gasteiger partial charge in [0.2, 0.25) is 5.88 Å². The fourth-order valence-corrected chi connectivity index (χ4v) is 3.19. The van der Waals surface area contributed by atoms with Crippen molar-refractivity contribution in [2.75, 3.05) is 13.1 Å². The predicted octanol–water partition coefficient (Wildman–Crippen LogP) is 3.29. The molecule has 114 valence electrons. The number of amides is 1. The van der Waals surface area contributed by atoms with Gasteiger partial charge in [0.15, 0.2) is 0 Å². The van der Waals surface area contributed by atoms with Gasteiger partial charge in [-0.15, -0.1) is 0 Å². The molecule has 0 N–H and O–H groups in total. The first kappa shape index (κ1) is 15.3. The molecule has 22 heavy (non-hydrogen) atoms. The summed E-state index contributed by atoms with van der Waals surface area (Å²) in [5.74, 6) is 0.710. The van der Waals surface area contributed by atoms with E-state index in [1.54, 1.807) is 0 Å². The molecular weight excluding hydrogens is 391 g/mol. The van der Waals surface area contributed by atoms with E-state index in [2.05, 4.69) is 27.6 Å². The molecule has 5 heteroatoms. The zero-order valence-corrected chi connectivity index (χ0v) is 14.5. The third-order valence-electron chi connectivity index (χ3n) is 3.69. The van der Waals surface area contributed by atoms with Gasteiger partial charge in [0, 0.05) is 28.3 Å². The highest BCUT2D eigenvalue weighted by molar-refractivity contribution is 14.1. The number of benzene rings is 1. The van der Waals surface area contributed by atoms with E-state index in [4.69, 9.17) is 4.74 Å². The van der Waals surface area contributed by atoms with Crippen molar-refractivity contribution in [3.05, 3.63) is 57.3 Å². The molecule has 4 nitrogen and oxygen atoms in total. The van der Waals surface area contributed by atoms with Crippen molar-refractivity contribution in [3.63, 3.8) is 0 Å². The Morgan fingerprint density at radius 1 is 1.27 bits per heavy atom. The van der Waals surface area contributed by atoms with Crippen LogP contribution in [0.3, 0.4) is 0 Å². The molecule has 1 aliphatic rings. The molecule has 2 heterocycles. The predicted molar refractivity (Wildman–Crippen MR) is 93.1 cm³/mol. The molecule has 1 aromatic heterocycles. The summed E-state index contributed by atoms with van der Waals surface area (Å²) in [6, 6.07) is 13.4. The summed E-state index contributed by atoms with van der Waals surface area (Å²) in [6.07, 6.45) is 0.852. The maximum atomic E-state index is 12.6. The number of rotatable bonds is 3. The van der Waals surface area contributed by atoms with E-state index in [9.17, 15) is 4.79 Å². The summed E-state index contributed by atoms with van der Waals surface area (Å²) < 4.78 is 6.88. The van der Waals surface area contributed by atoms with Crippen LogP contribution in [-0.4, -0.2) is 35.0 Å². The Labute approximate surface area is 143 Å². The summed E-state index contributed by atoms with van der Waals surface area (Å²) in [5.41, 5.74) is 1.69. The molecule has 0 saturated carbocycles. The lowest BCUT2D eigenvalue weighted by Crippen LogP contribution is -2.31. The molecule has 1 atom stereocenters. The number of aromatic nitrogens is 1. The van der Waals surface area contributed by atoms with Crippen LogP contribution in [0, 0.1) is 10.5 Å². The third-order valence-corrected chi connectivity index (χ3v) is 4.63. The molecular formula is C17H17IN2O2. The van der Waals surface area contributed by atoms with Crippen LogP contribution in [-0.2, 0) is 0 Å². The molecule has 1 aliphatic heterocycles. The Bertz CT molecular complexity index is 690. The molecule has 1 saturated heterocycles. The average molecular weight is 408 g/mol. The number of nitrogens with zero attached hydrogens (tertiary/aromatic N) is 2. The standard InChI is InChI=1S/C17H17IN2O2/c1-12-5-4-8-16(19-12)22-13-9-10-20(11-13)17(21)14-6-2-3-7-15(14)18/h2-8,13H,9-11H2,1H3. The second kappa shape index (κ2) is 6.64. The van der Waals surface area contributed by atoms with Crippen LogP contribution in [0.15, 0.2) is 42.5 Å². The van der Waals surface area contributed by atoms with Gasteiger partial charge < -0.3 is 9.64 Å². The quantitative estimate of drug-likeness (QED) is 0.733. The van der Waals surface area contributed by atoms with Crippen molar-refractivity contribution in [1.82, 2.24) is 9.88 Å². The Hall–Kier alpha value is -1.63.